The van der Waals surface area contributed by atoms with Crippen molar-refractivity contribution in [3.05, 3.63) is 219 Å². The summed E-state index contributed by atoms with van der Waals surface area (Å²) >= 11 is 0. The molecule has 0 aliphatic heterocycles. The van der Waals surface area contributed by atoms with Crippen molar-refractivity contribution in [3.63, 3.8) is 0 Å². The van der Waals surface area contributed by atoms with E-state index in [-0.39, 0.29) is 0 Å². The molecule has 0 aromatic heterocycles. The highest BCUT2D eigenvalue weighted by Gasteiger charge is 2.15. The van der Waals surface area contributed by atoms with Gasteiger partial charge >= 0.3 is 0 Å². The number of nitrogens with zero attached hydrogens (tertiary/aromatic N) is 2. The van der Waals surface area contributed by atoms with Crippen molar-refractivity contribution in [2.75, 3.05) is 9.80 Å². The van der Waals surface area contributed by atoms with Gasteiger partial charge in [-0.25, -0.2) is 0 Å². The Bertz CT molecular complexity index is 2410. The van der Waals surface area contributed by atoms with Gasteiger partial charge < -0.3 is 9.80 Å². The summed E-state index contributed by atoms with van der Waals surface area (Å²) in [4.78, 5) is 4.76. The third kappa shape index (κ3) is 9.23. The van der Waals surface area contributed by atoms with E-state index in [4.69, 9.17) is 0 Å². The molecule has 7 aromatic carbocycles. The zero-order valence-electron chi connectivity index (χ0n) is 32.9. The summed E-state index contributed by atoms with van der Waals surface area (Å²) in [5.41, 5.74) is 19.5. The normalized spacial score (nSPS) is 11.4. The molecule has 2 nitrogen and oxygen atoms in total. The summed E-state index contributed by atoms with van der Waals surface area (Å²) < 4.78 is 0. The Labute approximate surface area is 328 Å². The van der Waals surface area contributed by atoms with Crippen molar-refractivity contribution in [1.82, 2.24) is 0 Å². The van der Waals surface area contributed by atoms with Crippen molar-refractivity contribution in [2.24, 2.45) is 0 Å². The van der Waals surface area contributed by atoms with Gasteiger partial charge in [-0.05, 0) is 129 Å². The van der Waals surface area contributed by atoms with Gasteiger partial charge in [-0.1, -0.05) is 156 Å². The van der Waals surface area contributed by atoms with E-state index in [1.807, 2.05) is 0 Å². The van der Waals surface area contributed by atoms with Gasteiger partial charge in [0.15, 0.2) is 0 Å². The van der Waals surface area contributed by atoms with Crippen LogP contribution in [0.2, 0.25) is 0 Å². The first-order valence-corrected chi connectivity index (χ1v) is 19.2. The molecule has 55 heavy (non-hydrogen) atoms. The Morgan fingerprint density at radius 3 is 1.13 bits per heavy atom. The Morgan fingerprint density at radius 1 is 0.345 bits per heavy atom. The van der Waals surface area contributed by atoms with Gasteiger partial charge in [0.25, 0.3) is 0 Å². The van der Waals surface area contributed by atoms with Gasteiger partial charge in [-0.15, -0.1) is 0 Å². The lowest BCUT2D eigenvalue weighted by Crippen LogP contribution is -2.17. The summed E-state index contributed by atoms with van der Waals surface area (Å²) in [6.07, 6.45) is 8.74. The van der Waals surface area contributed by atoms with Crippen LogP contribution >= 0.6 is 0 Å². The maximum Gasteiger partial charge on any atom is 0.0490 e. The van der Waals surface area contributed by atoms with E-state index >= 15 is 0 Å². The van der Waals surface area contributed by atoms with E-state index in [9.17, 15) is 0 Å². The van der Waals surface area contributed by atoms with Gasteiger partial charge in [0.1, 0.15) is 0 Å². The average Bonchev–Trinajstić information content (AvgIpc) is 3.19. The van der Waals surface area contributed by atoms with Crippen molar-refractivity contribution < 1.29 is 0 Å². The Balaban J connectivity index is 1.00. The van der Waals surface area contributed by atoms with Crippen LogP contribution in [0.15, 0.2) is 158 Å². The molecule has 0 atom stereocenters. The lowest BCUT2D eigenvalue weighted by molar-refractivity contribution is 0.967. The lowest BCUT2D eigenvalue weighted by atomic mass is 10.1. The molecule has 0 saturated heterocycles. The second kappa shape index (κ2) is 16.7. The zero-order chi connectivity index (χ0) is 38.3. The summed E-state index contributed by atoms with van der Waals surface area (Å²) in [7, 11) is 0. The van der Waals surface area contributed by atoms with Crippen molar-refractivity contribution in [1.29, 1.82) is 0 Å². The number of hydrogen-bond acceptors (Lipinski definition) is 2. The predicted molar refractivity (Wildman–Crippen MR) is 239 cm³/mol. The first-order chi connectivity index (χ1) is 26.7. The van der Waals surface area contributed by atoms with Crippen molar-refractivity contribution >= 4 is 52.7 Å². The molecule has 0 bridgehead atoms. The number of rotatable bonds is 11. The molecule has 0 unspecified atom stereocenters. The zero-order valence-corrected chi connectivity index (χ0v) is 32.9. The average molecular weight is 715 g/mol. The van der Waals surface area contributed by atoms with E-state index in [2.05, 4.69) is 233 Å². The number of hydrogen-bond donors (Lipinski definition) is 0. The van der Waals surface area contributed by atoms with Crippen LogP contribution in [0.5, 0.6) is 0 Å². The van der Waals surface area contributed by atoms with Crippen LogP contribution in [0.1, 0.15) is 61.2 Å². The maximum absolute atomic E-state index is 2.41. The van der Waals surface area contributed by atoms with E-state index < -0.39 is 0 Å². The number of aryl methyl sites for hydroxylation is 6. The Morgan fingerprint density at radius 2 is 0.691 bits per heavy atom. The molecular formula is C53H50N2. The highest BCUT2D eigenvalue weighted by Crippen LogP contribution is 2.37. The van der Waals surface area contributed by atoms with E-state index in [1.54, 1.807) is 0 Å². The molecule has 0 saturated carbocycles. The standard InChI is InChI=1S/C53H50N2/c1-38-7-27-49(28-8-38)54(52-33-11-40(3)35-42(52)5)37-48-23-21-46(22-24-48)18-17-44-13-15-45(16-14-44)19-20-47-25-31-51(32-26-47)55(50-29-9-39(2)10-30-50)53-34-12-41(4)36-43(53)6/h7-36H,37H2,1-6H3/b18-17+,20-19+. The van der Waals surface area contributed by atoms with Crippen molar-refractivity contribution in [3.8, 4) is 0 Å². The van der Waals surface area contributed by atoms with E-state index in [0.717, 1.165) is 23.5 Å². The SMILES string of the molecule is Cc1ccc(N(Cc2ccc(/C=C/c3ccc(/C=C/c4ccc(N(c5ccc(C)cc5)c5ccc(C)cc5C)cc4)cc3)cc2)c2ccc(C)cc2C)cc1. The lowest BCUT2D eigenvalue weighted by Gasteiger charge is -2.27. The highest BCUT2D eigenvalue weighted by molar-refractivity contribution is 5.80. The molecule has 0 N–H and O–H groups in total. The molecule has 0 amide bonds. The fourth-order valence-electron chi connectivity index (χ4n) is 7.08. The Hall–Kier alpha value is -6.38. The van der Waals surface area contributed by atoms with E-state index in [0.29, 0.717) is 0 Å². The number of benzene rings is 7. The quantitative estimate of drug-likeness (QED) is 0.123. The van der Waals surface area contributed by atoms with Gasteiger partial charge in [0, 0.05) is 35.0 Å². The summed E-state index contributed by atoms with van der Waals surface area (Å²) in [5.74, 6) is 0. The molecule has 7 rings (SSSR count). The minimum absolute atomic E-state index is 0.801. The van der Waals surface area contributed by atoms with Gasteiger partial charge in [0.05, 0.1) is 0 Å². The van der Waals surface area contributed by atoms with Gasteiger partial charge in [-0.3, -0.25) is 0 Å². The summed E-state index contributed by atoms with van der Waals surface area (Å²) in [6.45, 7) is 13.8. The first-order valence-electron chi connectivity index (χ1n) is 19.2. The minimum atomic E-state index is 0.801. The third-order valence-electron chi connectivity index (χ3n) is 10.2. The van der Waals surface area contributed by atoms with E-state index in [1.165, 1.54) is 72.7 Å². The van der Waals surface area contributed by atoms with Crippen LogP contribution in [0.3, 0.4) is 0 Å². The topological polar surface area (TPSA) is 6.48 Å². The molecule has 272 valence electrons. The monoisotopic (exact) mass is 714 g/mol. The van der Waals surface area contributed by atoms with Crippen LogP contribution in [0.4, 0.5) is 28.4 Å². The summed E-state index contributed by atoms with van der Waals surface area (Å²) in [5, 5.41) is 0. The van der Waals surface area contributed by atoms with Crippen LogP contribution in [-0.2, 0) is 6.54 Å². The van der Waals surface area contributed by atoms with Crippen molar-refractivity contribution in [2.45, 2.75) is 48.1 Å². The second-order valence-electron chi connectivity index (χ2n) is 14.8. The smallest absolute Gasteiger partial charge is 0.0490 e. The van der Waals surface area contributed by atoms with Crippen LogP contribution < -0.4 is 9.80 Å². The third-order valence-corrected chi connectivity index (χ3v) is 10.2. The van der Waals surface area contributed by atoms with Gasteiger partial charge in [0.2, 0.25) is 0 Å². The maximum atomic E-state index is 2.41. The molecule has 2 heteroatoms. The fourth-order valence-corrected chi connectivity index (χ4v) is 7.08. The largest absolute Gasteiger partial charge is 0.337 e. The van der Waals surface area contributed by atoms with Crippen LogP contribution in [-0.4, -0.2) is 0 Å². The molecule has 0 fully saturated rings. The number of anilines is 5. The van der Waals surface area contributed by atoms with Crippen LogP contribution in [0.25, 0.3) is 24.3 Å². The first kappa shape index (κ1) is 37.0. The highest BCUT2D eigenvalue weighted by atomic mass is 15.1. The molecule has 7 aromatic rings. The molecule has 0 aliphatic carbocycles. The Kier molecular flexibility index (Phi) is 11.3. The second-order valence-corrected chi connectivity index (χ2v) is 14.8. The molecule has 0 spiro atoms. The minimum Gasteiger partial charge on any atom is -0.337 e. The summed E-state index contributed by atoms with van der Waals surface area (Å²) in [6, 6.07) is 57.4. The molecule has 0 radical (unpaired) electrons. The molecule has 0 aliphatic rings. The van der Waals surface area contributed by atoms with Gasteiger partial charge in [-0.2, -0.15) is 0 Å². The van der Waals surface area contributed by atoms with Crippen LogP contribution in [0, 0.1) is 41.5 Å². The fraction of sp³-hybridized carbons (Fsp3) is 0.132. The molecular weight excluding hydrogens is 665 g/mol. The molecule has 0 heterocycles. The predicted octanol–water partition coefficient (Wildman–Crippen LogP) is 14.7.